The summed E-state index contributed by atoms with van der Waals surface area (Å²) in [5.41, 5.74) is 1.50. The lowest BCUT2D eigenvalue weighted by molar-refractivity contribution is 0.0981. The summed E-state index contributed by atoms with van der Waals surface area (Å²) in [7, 11) is -3.78. The maximum absolute atomic E-state index is 14.5. The lowest BCUT2D eigenvalue weighted by Gasteiger charge is -2.30. The average molecular weight is 469 g/mol. The molecule has 0 spiro atoms. The van der Waals surface area contributed by atoms with E-state index < -0.39 is 21.7 Å². The second kappa shape index (κ2) is 8.31. The maximum Gasteiger partial charge on any atom is 0.261 e. The van der Waals surface area contributed by atoms with Crippen molar-refractivity contribution in [3.05, 3.63) is 57.8 Å². The molecule has 0 unspecified atom stereocenters. The van der Waals surface area contributed by atoms with Gasteiger partial charge in [-0.2, -0.15) is 4.31 Å². The van der Waals surface area contributed by atoms with Gasteiger partial charge in [-0.25, -0.2) is 12.8 Å². The van der Waals surface area contributed by atoms with Crippen LogP contribution in [-0.2, 0) is 16.4 Å². The van der Waals surface area contributed by atoms with Crippen molar-refractivity contribution in [1.82, 2.24) is 4.31 Å². The highest BCUT2D eigenvalue weighted by molar-refractivity contribution is 9.10. The lowest BCUT2D eigenvalue weighted by Crippen LogP contribution is -2.36. The number of halogens is 2. The Bertz CT molecular complexity index is 1010. The Morgan fingerprint density at radius 3 is 2.57 bits per heavy atom. The number of carbonyl (C=O) groups is 1. The van der Waals surface area contributed by atoms with Gasteiger partial charge in [0.2, 0.25) is 10.0 Å². The summed E-state index contributed by atoms with van der Waals surface area (Å²) >= 11 is 3.43. The molecule has 2 aromatic carbocycles. The van der Waals surface area contributed by atoms with Gasteiger partial charge in [0.1, 0.15) is 5.82 Å². The molecule has 0 radical (unpaired) electrons. The average Bonchev–Trinajstić information content (AvgIpc) is 2.67. The first-order chi connectivity index (χ1) is 13.3. The van der Waals surface area contributed by atoms with Crippen LogP contribution in [-0.4, -0.2) is 38.3 Å². The fourth-order valence-electron chi connectivity index (χ4n) is 3.46. The number of rotatable bonds is 5. The molecule has 0 bridgehead atoms. The number of hydrogen-bond acceptors (Lipinski definition) is 3. The zero-order chi connectivity index (χ0) is 20.5. The number of benzene rings is 2. The van der Waals surface area contributed by atoms with Gasteiger partial charge >= 0.3 is 0 Å². The lowest BCUT2D eigenvalue weighted by atomic mass is 10.0. The van der Waals surface area contributed by atoms with Crippen LogP contribution in [0.15, 0.2) is 45.8 Å². The van der Waals surface area contributed by atoms with Crippen LogP contribution in [0, 0.1) is 5.82 Å². The van der Waals surface area contributed by atoms with Gasteiger partial charge in [-0.05, 0) is 54.8 Å². The van der Waals surface area contributed by atoms with E-state index in [9.17, 15) is 17.6 Å². The molecule has 0 N–H and O–H groups in total. The maximum atomic E-state index is 14.5. The predicted octanol–water partition coefficient (Wildman–Crippen LogP) is 4.21. The van der Waals surface area contributed by atoms with Gasteiger partial charge in [0.15, 0.2) is 0 Å². The number of nitrogens with zero attached hydrogens (tertiary/aromatic N) is 2. The fraction of sp³-hybridized carbons (Fsp3) is 0.350. The first-order valence-corrected chi connectivity index (χ1v) is 11.4. The molecule has 1 amide bonds. The third-order valence-electron chi connectivity index (χ3n) is 4.92. The van der Waals surface area contributed by atoms with E-state index in [2.05, 4.69) is 15.9 Å². The third kappa shape index (κ3) is 3.86. The van der Waals surface area contributed by atoms with Gasteiger partial charge in [-0.1, -0.05) is 29.8 Å². The molecular formula is C20H22BrFN2O3S. The van der Waals surface area contributed by atoms with E-state index in [-0.39, 0.29) is 10.5 Å². The third-order valence-corrected chi connectivity index (χ3v) is 7.46. The Balaban J connectivity index is 2.02. The quantitative estimate of drug-likeness (QED) is 0.660. The van der Waals surface area contributed by atoms with Crippen LogP contribution in [0.4, 0.5) is 10.1 Å². The van der Waals surface area contributed by atoms with E-state index in [0.717, 1.165) is 40.7 Å². The topological polar surface area (TPSA) is 57.7 Å². The van der Waals surface area contributed by atoms with Crippen LogP contribution in [0.5, 0.6) is 0 Å². The zero-order valence-electron chi connectivity index (χ0n) is 15.8. The molecule has 150 valence electrons. The van der Waals surface area contributed by atoms with E-state index in [1.165, 1.54) is 15.3 Å². The van der Waals surface area contributed by atoms with Gasteiger partial charge in [0, 0.05) is 29.8 Å². The van der Waals surface area contributed by atoms with E-state index in [1.54, 1.807) is 13.8 Å². The molecule has 0 saturated heterocycles. The fourth-order valence-corrected chi connectivity index (χ4v) is 5.36. The number of aryl methyl sites for hydroxylation is 1. The predicted molar refractivity (Wildman–Crippen MR) is 111 cm³/mol. The molecule has 0 atom stereocenters. The van der Waals surface area contributed by atoms with Gasteiger partial charge in [0.05, 0.1) is 10.5 Å². The van der Waals surface area contributed by atoms with Crippen LogP contribution in [0.1, 0.15) is 36.2 Å². The summed E-state index contributed by atoms with van der Waals surface area (Å²) in [5.74, 6) is -1.26. The first kappa shape index (κ1) is 21.0. The number of anilines is 1. The second-order valence-electron chi connectivity index (χ2n) is 6.56. The molecular weight excluding hydrogens is 447 g/mol. The largest absolute Gasteiger partial charge is 0.308 e. The smallest absolute Gasteiger partial charge is 0.261 e. The minimum atomic E-state index is -3.78. The molecule has 8 heteroatoms. The Labute approximate surface area is 173 Å². The Kier molecular flexibility index (Phi) is 6.21. The van der Waals surface area contributed by atoms with E-state index >= 15 is 0 Å². The standard InChI is InChI=1S/C20H22BrFN2O3S/c1-3-23(4-2)28(26,27)16-8-9-18(22)17(13-16)20(25)24-11-5-6-14-12-15(21)7-10-19(14)24/h7-10,12-13H,3-6,11H2,1-2H3. The van der Waals surface area contributed by atoms with Crippen molar-refractivity contribution < 1.29 is 17.6 Å². The molecule has 5 nitrogen and oxygen atoms in total. The van der Waals surface area contributed by atoms with Crippen LogP contribution in [0.25, 0.3) is 0 Å². The molecule has 2 aromatic rings. The van der Waals surface area contributed by atoms with Gasteiger partial charge < -0.3 is 4.90 Å². The molecule has 0 saturated carbocycles. The first-order valence-electron chi connectivity index (χ1n) is 9.19. The second-order valence-corrected chi connectivity index (χ2v) is 9.42. The number of amides is 1. The zero-order valence-corrected chi connectivity index (χ0v) is 18.2. The van der Waals surface area contributed by atoms with Crippen molar-refractivity contribution in [2.24, 2.45) is 0 Å². The van der Waals surface area contributed by atoms with Gasteiger partial charge in [-0.3, -0.25) is 4.79 Å². The molecule has 1 heterocycles. The Morgan fingerprint density at radius 2 is 1.89 bits per heavy atom. The minimum Gasteiger partial charge on any atom is -0.308 e. The molecule has 3 rings (SSSR count). The highest BCUT2D eigenvalue weighted by Gasteiger charge is 2.28. The van der Waals surface area contributed by atoms with Crippen molar-refractivity contribution in [2.75, 3.05) is 24.5 Å². The minimum absolute atomic E-state index is 0.0750. The van der Waals surface area contributed by atoms with E-state index in [1.807, 2.05) is 18.2 Å². The molecule has 28 heavy (non-hydrogen) atoms. The highest BCUT2D eigenvalue weighted by Crippen LogP contribution is 2.31. The van der Waals surface area contributed by atoms with Crippen LogP contribution in [0.2, 0.25) is 0 Å². The summed E-state index contributed by atoms with van der Waals surface area (Å²) in [6.45, 7) is 4.53. The highest BCUT2D eigenvalue weighted by atomic mass is 79.9. The molecule has 0 aliphatic carbocycles. The SMILES string of the molecule is CCN(CC)S(=O)(=O)c1ccc(F)c(C(=O)N2CCCc3cc(Br)ccc32)c1. The Hall–Kier alpha value is -1.77. The van der Waals surface area contributed by atoms with Crippen LogP contribution < -0.4 is 4.90 Å². The Morgan fingerprint density at radius 1 is 1.18 bits per heavy atom. The van der Waals surface area contributed by atoms with Crippen molar-refractivity contribution >= 4 is 37.5 Å². The molecule has 0 aromatic heterocycles. The van der Waals surface area contributed by atoms with Crippen molar-refractivity contribution in [1.29, 1.82) is 0 Å². The molecule has 1 aliphatic rings. The summed E-state index contributed by atoms with van der Waals surface area (Å²) in [4.78, 5) is 14.6. The summed E-state index contributed by atoms with van der Waals surface area (Å²) in [6, 6.07) is 9.02. The number of fused-ring (bicyclic) bond motifs is 1. The van der Waals surface area contributed by atoms with Crippen molar-refractivity contribution in [2.45, 2.75) is 31.6 Å². The molecule has 0 fully saturated rings. The summed E-state index contributed by atoms with van der Waals surface area (Å²) in [5, 5.41) is 0. The normalized spacial score (nSPS) is 14.2. The van der Waals surface area contributed by atoms with Crippen LogP contribution >= 0.6 is 15.9 Å². The van der Waals surface area contributed by atoms with Gasteiger partial charge in [-0.15, -0.1) is 0 Å². The molecule has 1 aliphatic heterocycles. The number of carbonyl (C=O) groups excluding carboxylic acids is 1. The number of sulfonamides is 1. The van der Waals surface area contributed by atoms with Crippen molar-refractivity contribution in [3.63, 3.8) is 0 Å². The summed E-state index contributed by atoms with van der Waals surface area (Å²) in [6.07, 6.45) is 1.59. The number of hydrogen-bond donors (Lipinski definition) is 0. The van der Waals surface area contributed by atoms with E-state index in [4.69, 9.17) is 0 Å². The van der Waals surface area contributed by atoms with E-state index in [0.29, 0.717) is 19.6 Å². The van der Waals surface area contributed by atoms with Gasteiger partial charge in [0.25, 0.3) is 5.91 Å². The monoisotopic (exact) mass is 468 g/mol. The van der Waals surface area contributed by atoms with Crippen molar-refractivity contribution in [3.8, 4) is 0 Å². The van der Waals surface area contributed by atoms with Crippen LogP contribution in [0.3, 0.4) is 0 Å². The summed E-state index contributed by atoms with van der Waals surface area (Å²) < 4.78 is 42.2.